The largest absolute Gasteiger partial charge is 0.490 e. The van der Waals surface area contributed by atoms with Crippen molar-refractivity contribution in [2.75, 3.05) is 26.3 Å². The number of benzene rings is 1. The third kappa shape index (κ3) is 1.74. The molecule has 1 aromatic carbocycles. The van der Waals surface area contributed by atoms with Gasteiger partial charge in [0.15, 0.2) is 11.5 Å². The third-order valence-electron chi connectivity index (χ3n) is 4.41. The summed E-state index contributed by atoms with van der Waals surface area (Å²) in [6, 6.07) is 4.24. The predicted octanol–water partition coefficient (Wildman–Crippen LogP) is 1.96. The van der Waals surface area contributed by atoms with E-state index in [-0.39, 0.29) is 5.60 Å². The zero-order valence-corrected chi connectivity index (χ0v) is 11.0. The van der Waals surface area contributed by atoms with E-state index in [9.17, 15) is 0 Å². The lowest BCUT2D eigenvalue weighted by Crippen LogP contribution is -2.39. The minimum Gasteiger partial charge on any atom is -0.490 e. The van der Waals surface area contributed by atoms with Crippen LogP contribution in [0.15, 0.2) is 12.1 Å². The smallest absolute Gasteiger partial charge is 0.167 e. The van der Waals surface area contributed by atoms with Gasteiger partial charge in [-0.1, -0.05) is 6.07 Å². The average molecular weight is 261 g/mol. The van der Waals surface area contributed by atoms with E-state index >= 15 is 0 Å². The first-order chi connectivity index (χ1) is 9.39. The molecule has 19 heavy (non-hydrogen) atoms. The van der Waals surface area contributed by atoms with E-state index in [1.165, 1.54) is 11.1 Å². The standard InChI is InChI=1S/C15H19NO3/c1-8-17-13-3-2-12-11(14(13)18-9-1)10-19-15(12)4-6-16-7-5-15/h2-3,16H,1,4-10H2. The fourth-order valence-corrected chi connectivity index (χ4v) is 3.40. The Morgan fingerprint density at radius 2 is 1.89 bits per heavy atom. The Bertz CT molecular complexity index is 494. The molecule has 0 radical (unpaired) electrons. The topological polar surface area (TPSA) is 39.7 Å². The molecule has 0 atom stereocenters. The maximum atomic E-state index is 6.18. The van der Waals surface area contributed by atoms with Crippen molar-refractivity contribution in [2.24, 2.45) is 0 Å². The summed E-state index contributed by atoms with van der Waals surface area (Å²) in [6.07, 6.45) is 3.03. The molecule has 0 saturated carbocycles. The van der Waals surface area contributed by atoms with Crippen LogP contribution in [0.5, 0.6) is 11.5 Å². The van der Waals surface area contributed by atoms with Crippen molar-refractivity contribution in [3.05, 3.63) is 23.3 Å². The molecule has 0 unspecified atom stereocenters. The lowest BCUT2D eigenvalue weighted by molar-refractivity contribution is -0.0591. The SMILES string of the molecule is c1cc2c(c3c1OCCCO3)COC21CCNCC1. The van der Waals surface area contributed by atoms with E-state index in [0.29, 0.717) is 6.61 Å². The number of ether oxygens (including phenoxy) is 3. The second-order valence-electron chi connectivity index (χ2n) is 5.50. The first kappa shape index (κ1) is 11.6. The molecule has 1 fully saturated rings. The first-order valence-corrected chi connectivity index (χ1v) is 7.16. The quantitative estimate of drug-likeness (QED) is 0.775. The van der Waals surface area contributed by atoms with Crippen molar-refractivity contribution in [3.8, 4) is 11.5 Å². The summed E-state index contributed by atoms with van der Waals surface area (Å²) in [5.74, 6) is 1.80. The van der Waals surface area contributed by atoms with Crippen molar-refractivity contribution >= 4 is 0 Å². The second-order valence-corrected chi connectivity index (χ2v) is 5.50. The lowest BCUT2D eigenvalue weighted by Gasteiger charge is -2.34. The molecule has 102 valence electrons. The van der Waals surface area contributed by atoms with E-state index in [2.05, 4.69) is 17.4 Å². The number of hydrogen-bond donors (Lipinski definition) is 1. The molecule has 3 aliphatic rings. The highest BCUT2D eigenvalue weighted by molar-refractivity contribution is 5.54. The fourth-order valence-electron chi connectivity index (χ4n) is 3.40. The van der Waals surface area contributed by atoms with E-state index in [0.717, 1.165) is 57.1 Å². The van der Waals surface area contributed by atoms with E-state index in [4.69, 9.17) is 14.2 Å². The van der Waals surface area contributed by atoms with Gasteiger partial charge in [0.2, 0.25) is 0 Å². The maximum Gasteiger partial charge on any atom is 0.167 e. The van der Waals surface area contributed by atoms with Crippen molar-refractivity contribution in [2.45, 2.75) is 31.5 Å². The Morgan fingerprint density at radius 3 is 2.79 bits per heavy atom. The molecule has 1 N–H and O–H groups in total. The Balaban J connectivity index is 1.79. The molecule has 4 nitrogen and oxygen atoms in total. The van der Waals surface area contributed by atoms with Crippen LogP contribution >= 0.6 is 0 Å². The van der Waals surface area contributed by atoms with E-state index in [1.54, 1.807) is 0 Å². The van der Waals surface area contributed by atoms with Gasteiger partial charge in [-0.25, -0.2) is 0 Å². The van der Waals surface area contributed by atoms with Crippen LogP contribution in [0.4, 0.5) is 0 Å². The van der Waals surface area contributed by atoms with Gasteiger partial charge in [-0.05, 0) is 37.6 Å². The molecule has 0 aliphatic carbocycles. The number of fused-ring (bicyclic) bond motifs is 4. The van der Waals surface area contributed by atoms with Gasteiger partial charge in [0.05, 0.1) is 25.4 Å². The summed E-state index contributed by atoms with van der Waals surface area (Å²) in [5.41, 5.74) is 2.44. The summed E-state index contributed by atoms with van der Waals surface area (Å²) in [7, 11) is 0. The minimum absolute atomic E-state index is 0.0920. The highest BCUT2D eigenvalue weighted by atomic mass is 16.5. The number of nitrogens with one attached hydrogen (secondary N) is 1. The summed E-state index contributed by atoms with van der Waals surface area (Å²) in [4.78, 5) is 0. The van der Waals surface area contributed by atoms with Gasteiger partial charge in [-0.3, -0.25) is 0 Å². The van der Waals surface area contributed by atoms with Crippen LogP contribution in [-0.2, 0) is 16.9 Å². The Morgan fingerprint density at radius 1 is 1.05 bits per heavy atom. The third-order valence-corrected chi connectivity index (χ3v) is 4.41. The van der Waals surface area contributed by atoms with Gasteiger partial charge >= 0.3 is 0 Å². The zero-order chi connectivity index (χ0) is 12.7. The van der Waals surface area contributed by atoms with Crippen LogP contribution in [-0.4, -0.2) is 26.3 Å². The molecule has 3 heterocycles. The number of rotatable bonds is 0. The van der Waals surface area contributed by atoms with Gasteiger partial charge in [-0.15, -0.1) is 0 Å². The van der Waals surface area contributed by atoms with E-state index in [1.807, 2.05) is 0 Å². The number of hydrogen-bond acceptors (Lipinski definition) is 4. The van der Waals surface area contributed by atoms with Crippen LogP contribution < -0.4 is 14.8 Å². The van der Waals surface area contributed by atoms with Crippen LogP contribution in [0.1, 0.15) is 30.4 Å². The van der Waals surface area contributed by atoms with Crippen molar-refractivity contribution in [1.82, 2.24) is 5.32 Å². The van der Waals surface area contributed by atoms with Crippen LogP contribution in [0.2, 0.25) is 0 Å². The maximum absolute atomic E-state index is 6.18. The fraction of sp³-hybridized carbons (Fsp3) is 0.600. The Labute approximate surface area is 113 Å². The molecule has 1 aromatic rings. The van der Waals surface area contributed by atoms with Crippen LogP contribution in [0.3, 0.4) is 0 Å². The normalized spacial score (nSPS) is 24.0. The Hall–Kier alpha value is -1.26. The monoisotopic (exact) mass is 261 g/mol. The average Bonchev–Trinajstić information content (AvgIpc) is 2.65. The van der Waals surface area contributed by atoms with Gasteiger partial charge in [0.25, 0.3) is 0 Å². The highest BCUT2D eigenvalue weighted by Gasteiger charge is 2.43. The molecule has 1 spiro atoms. The predicted molar refractivity (Wildman–Crippen MR) is 70.6 cm³/mol. The van der Waals surface area contributed by atoms with Gasteiger partial charge in [0, 0.05) is 12.0 Å². The second kappa shape index (κ2) is 4.39. The van der Waals surface area contributed by atoms with Crippen LogP contribution in [0, 0.1) is 0 Å². The van der Waals surface area contributed by atoms with Crippen molar-refractivity contribution in [1.29, 1.82) is 0 Å². The van der Waals surface area contributed by atoms with Crippen molar-refractivity contribution in [3.63, 3.8) is 0 Å². The van der Waals surface area contributed by atoms with Gasteiger partial charge in [0.1, 0.15) is 0 Å². The molecule has 0 amide bonds. The summed E-state index contributed by atoms with van der Waals surface area (Å²) in [6.45, 7) is 4.17. The van der Waals surface area contributed by atoms with Crippen molar-refractivity contribution < 1.29 is 14.2 Å². The molecule has 3 aliphatic heterocycles. The molecule has 4 rings (SSSR count). The minimum atomic E-state index is -0.0920. The molecule has 0 bridgehead atoms. The number of piperidine rings is 1. The van der Waals surface area contributed by atoms with Gasteiger partial charge < -0.3 is 19.5 Å². The molecular weight excluding hydrogens is 242 g/mol. The summed E-state index contributed by atoms with van der Waals surface area (Å²) in [5, 5.41) is 3.40. The van der Waals surface area contributed by atoms with E-state index < -0.39 is 0 Å². The lowest BCUT2D eigenvalue weighted by atomic mass is 9.84. The van der Waals surface area contributed by atoms with Crippen LogP contribution in [0.25, 0.3) is 0 Å². The first-order valence-electron chi connectivity index (χ1n) is 7.16. The molecule has 0 aromatic heterocycles. The summed E-state index contributed by atoms with van der Waals surface area (Å²) < 4.78 is 17.8. The zero-order valence-electron chi connectivity index (χ0n) is 11.0. The molecule has 1 saturated heterocycles. The summed E-state index contributed by atoms with van der Waals surface area (Å²) >= 11 is 0. The van der Waals surface area contributed by atoms with Gasteiger partial charge in [-0.2, -0.15) is 0 Å². The Kier molecular flexibility index (Phi) is 2.67. The highest BCUT2D eigenvalue weighted by Crippen LogP contribution is 2.49. The molecular formula is C15H19NO3. The molecule has 4 heteroatoms.